The molecule has 166 valence electrons. The molecule has 2 aliphatic heterocycles. The summed E-state index contributed by atoms with van der Waals surface area (Å²) in [4.78, 5) is 0. The van der Waals surface area contributed by atoms with Crippen molar-refractivity contribution < 1.29 is 68.6 Å². The van der Waals surface area contributed by atoms with Crippen LogP contribution < -0.4 is 0 Å². The normalized spacial score (nSPS) is 40.4. The van der Waals surface area contributed by atoms with Gasteiger partial charge in [0.05, 0.1) is 13.2 Å². The number of rotatable bonds is 7. The molecule has 17 heteroatoms. The maximum Gasteiger partial charge on any atom is 0.397 e. The predicted molar refractivity (Wildman–Crippen MR) is 82.2 cm³/mol. The van der Waals surface area contributed by atoms with Gasteiger partial charge in [0, 0.05) is 7.11 Å². The van der Waals surface area contributed by atoms with E-state index in [1.165, 1.54) is 7.11 Å². The molecule has 0 amide bonds. The second kappa shape index (κ2) is 9.08. The third-order valence-electron chi connectivity index (χ3n) is 3.86. The number of hydrogen-bond donors (Lipinski definition) is 5. The highest BCUT2D eigenvalue weighted by Gasteiger charge is 2.48. The molecular weight excluding hydrogens is 436 g/mol. The van der Waals surface area contributed by atoms with Crippen molar-refractivity contribution in [3.05, 3.63) is 0 Å². The van der Waals surface area contributed by atoms with Crippen LogP contribution in [0.5, 0.6) is 0 Å². The van der Waals surface area contributed by atoms with Gasteiger partial charge in [-0.25, -0.2) is 8.37 Å². The number of hydrogen-bond acceptors (Lipinski definition) is 13. The standard InChI is InChI=1S/C11H20O15S2/c1-21-10-8(14)6(12)4(2-22-10)24-11-9(26-28(18,19)20)7(13)5(3-23-11)25-27(15,16)17/h4-14H,2-3H2,1H3,(H,15,16,17)(H,18,19,20)/t4-,5-,6+,7+,8-,9-,10-,11+/m1/s1. The van der Waals surface area contributed by atoms with Crippen molar-refractivity contribution >= 4 is 20.8 Å². The van der Waals surface area contributed by atoms with Gasteiger partial charge in [0.1, 0.15) is 30.5 Å². The number of methoxy groups -OCH3 is 1. The monoisotopic (exact) mass is 456 g/mol. The molecule has 5 N–H and O–H groups in total. The van der Waals surface area contributed by atoms with Crippen LogP contribution in [0.25, 0.3) is 0 Å². The Balaban J connectivity index is 2.15. The van der Waals surface area contributed by atoms with Gasteiger partial charge in [-0.05, 0) is 0 Å². The second-order valence-electron chi connectivity index (χ2n) is 5.84. The van der Waals surface area contributed by atoms with Gasteiger partial charge < -0.3 is 34.3 Å². The molecule has 28 heavy (non-hydrogen) atoms. The van der Waals surface area contributed by atoms with Crippen molar-refractivity contribution in [2.45, 2.75) is 49.2 Å². The predicted octanol–water partition coefficient (Wildman–Crippen LogP) is -3.81. The fourth-order valence-electron chi connectivity index (χ4n) is 2.62. The van der Waals surface area contributed by atoms with Crippen LogP contribution >= 0.6 is 0 Å². The molecule has 0 spiro atoms. The zero-order valence-electron chi connectivity index (χ0n) is 14.2. The first-order valence-electron chi connectivity index (χ1n) is 7.59. The summed E-state index contributed by atoms with van der Waals surface area (Å²) in [5, 5.41) is 30.0. The largest absolute Gasteiger partial charge is 0.397 e. The zero-order valence-corrected chi connectivity index (χ0v) is 15.8. The molecule has 0 radical (unpaired) electrons. The molecule has 0 aromatic rings. The number of ether oxygens (including phenoxy) is 4. The molecule has 0 saturated carbocycles. The van der Waals surface area contributed by atoms with Crippen LogP contribution in [0.1, 0.15) is 0 Å². The lowest BCUT2D eigenvalue weighted by Crippen LogP contribution is -2.60. The second-order valence-corrected chi connectivity index (χ2v) is 7.93. The average Bonchev–Trinajstić information content (AvgIpc) is 2.55. The van der Waals surface area contributed by atoms with Gasteiger partial charge in [-0.1, -0.05) is 0 Å². The number of aliphatic hydroxyl groups is 3. The lowest BCUT2D eigenvalue weighted by atomic mass is 10.0. The zero-order chi connectivity index (χ0) is 21.3. The van der Waals surface area contributed by atoms with E-state index in [2.05, 4.69) is 8.37 Å². The quantitative estimate of drug-likeness (QED) is 0.231. The van der Waals surface area contributed by atoms with Crippen LogP contribution in [0.15, 0.2) is 0 Å². The van der Waals surface area contributed by atoms with E-state index in [9.17, 15) is 32.2 Å². The van der Waals surface area contributed by atoms with E-state index in [1.807, 2.05) is 0 Å². The first kappa shape index (κ1) is 23.7. The van der Waals surface area contributed by atoms with Crippen molar-refractivity contribution in [3.63, 3.8) is 0 Å². The van der Waals surface area contributed by atoms with E-state index in [4.69, 9.17) is 28.1 Å². The molecular formula is C11H20O15S2. The minimum atomic E-state index is -5.19. The minimum absolute atomic E-state index is 0.351. The molecule has 0 aromatic heterocycles. The molecule has 2 saturated heterocycles. The van der Waals surface area contributed by atoms with Gasteiger partial charge in [-0.2, -0.15) is 16.8 Å². The van der Waals surface area contributed by atoms with Gasteiger partial charge in [0.25, 0.3) is 0 Å². The molecule has 15 nitrogen and oxygen atoms in total. The Kier molecular flexibility index (Phi) is 7.70. The van der Waals surface area contributed by atoms with Crippen LogP contribution in [0, 0.1) is 0 Å². The van der Waals surface area contributed by atoms with Crippen molar-refractivity contribution in [1.29, 1.82) is 0 Å². The third kappa shape index (κ3) is 6.23. The van der Waals surface area contributed by atoms with Crippen LogP contribution in [-0.2, 0) is 48.1 Å². The summed E-state index contributed by atoms with van der Waals surface area (Å²) in [5.74, 6) is 0. The van der Waals surface area contributed by atoms with Crippen molar-refractivity contribution in [1.82, 2.24) is 0 Å². The van der Waals surface area contributed by atoms with Gasteiger partial charge in [0.2, 0.25) is 0 Å². The highest BCUT2D eigenvalue weighted by molar-refractivity contribution is 7.81. The smallest absolute Gasteiger partial charge is 0.387 e. The molecule has 2 aliphatic rings. The fraction of sp³-hybridized carbons (Fsp3) is 1.00. The topological polar surface area (TPSA) is 225 Å². The van der Waals surface area contributed by atoms with Crippen LogP contribution in [-0.4, -0.2) is 111 Å². The summed E-state index contributed by atoms with van der Waals surface area (Å²) >= 11 is 0. The molecule has 8 atom stereocenters. The molecule has 0 aliphatic carbocycles. The molecule has 2 fully saturated rings. The summed E-state index contributed by atoms with van der Waals surface area (Å²) in [6, 6.07) is 0. The first-order valence-corrected chi connectivity index (χ1v) is 10.3. The Labute approximate surface area is 159 Å². The Morgan fingerprint density at radius 3 is 1.86 bits per heavy atom. The summed E-state index contributed by atoms with van der Waals surface area (Å²) in [5.41, 5.74) is 0. The van der Waals surface area contributed by atoms with E-state index in [0.717, 1.165) is 0 Å². The van der Waals surface area contributed by atoms with E-state index in [0.29, 0.717) is 0 Å². The third-order valence-corrected chi connectivity index (χ3v) is 4.82. The lowest BCUT2D eigenvalue weighted by Gasteiger charge is -2.42. The maximum absolute atomic E-state index is 11.0. The summed E-state index contributed by atoms with van der Waals surface area (Å²) in [7, 11) is -9.02. The van der Waals surface area contributed by atoms with E-state index in [-0.39, 0.29) is 6.61 Å². The SMILES string of the molecule is CO[C@@H]1OC[C@@H](O[C@@H]2OC[C@@H](OS(=O)(=O)O)[C@H](O)[C@H]2OS(=O)(=O)O)[C@H](O)[C@H]1O. The highest BCUT2D eigenvalue weighted by atomic mass is 32.3. The number of aliphatic hydroxyl groups excluding tert-OH is 3. The van der Waals surface area contributed by atoms with Crippen molar-refractivity contribution in [2.24, 2.45) is 0 Å². The van der Waals surface area contributed by atoms with Gasteiger partial charge >= 0.3 is 20.8 Å². The maximum atomic E-state index is 11.0. The Morgan fingerprint density at radius 1 is 0.786 bits per heavy atom. The van der Waals surface area contributed by atoms with Gasteiger partial charge in [-0.15, -0.1) is 0 Å². The minimum Gasteiger partial charge on any atom is -0.387 e. The Hall–Kier alpha value is -0.540. The Bertz CT molecular complexity index is 722. The van der Waals surface area contributed by atoms with E-state index < -0.39 is 76.6 Å². The van der Waals surface area contributed by atoms with Crippen molar-refractivity contribution in [3.8, 4) is 0 Å². The van der Waals surface area contributed by atoms with Crippen LogP contribution in [0.4, 0.5) is 0 Å². The highest BCUT2D eigenvalue weighted by Crippen LogP contribution is 2.27. The molecule has 2 rings (SSSR count). The molecule has 0 unspecified atom stereocenters. The Morgan fingerprint density at radius 2 is 1.32 bits per heavy atom. The fourth-order valence-corrected chi connectivity index (χ4v) is 3.59. The first-order chi connectivity index (χ1) is 12.8. The van der Waals surface area contributed by atoms with E-state index in [1.54, 1.807) is 0 Å². The van der Waals surface area contributed by atoms with Gasteiger partial charge in [-0.3, -0.25) is 9.11 Å². The van der Waals surface area contributed by atoms with Crippen molar-refractivity contribution in [2.75, 3.05) is 20.3 Å². The average molecular weight is 456 g/mol. The summed E-state index contributed by atoms with van der Waals surface area (Å²) in [6.07, 6.45) is -13.4. The lowest BCUT2D eigenvalue weighted by molar-refractivity contribution is -0.321. The molecule has 0 aromatic carbocycles. The van der Waals surface area contributed by atoms with Crippen LogP contribution in [0.3, 0.4) is 0 Å². The molecule has 0 bridgehead atoms. The summed E-state index contributed by atoms with van der Waals surface area (Å²) in [6.45, 7) is -1.07. The summed E-state index contributed by atoms with van der Waals surface area (Å²) < 4.78 is 89.9. The van der Waals surface area contributed by atoms with E-state index >= 15 is 0 Å². The molecule has 2 heterocycles. The van der Waals surface area contributed by atoms with Gasteiger partial charge in [0.15, 0.2) is 18.7 Å². The van der Waals surface area contributed by atoms with Crippen LogP contribution in [0.2, 0.25) is 0 Å².